The quantitative estimate of drug-likeness (QED) is 0.259. The van der Waals surface area contributed by atoms with Gasteiger partial charge in [0.15, 0.2) is 5.78 Å². The molecule has 0 saturated heterocycles. The summed E-state index contributed by atoms with van der Waals surface area (Å²) < 4.78 is 6.00. The van der Waals surface area contributed by atoms with E-state index in [0.717, 1.165) is 49.4 Å². The summed E-state index contributed by atoms with van der Waals surface area (Å²) in [5, 5.41) is 16.5. The van der Waals surface area contributed by atoms with E-state index < -0.39 is 5.60 Å². The number of hydrogen-bond donors (Lipinski definition) is 1. The summed E-state index contributed by atoms with van der Waals surface area (Å²) in [6, 6.07) is 41.4. The Hall–Kier alpha value is -4.99. The Balaban J connectivity index is 1.30. The van der Waals surface area contributed by atoms with Crippen molar-refractivity contribution < 1.29 is 14.3 Å². The minimum absolute atomic E-state index is 0.0562. The van der Waals surface area contributed by atoms with Gasteiger partial charge in [0.1, 0.15) is 16.8 Å². The molecule has 6 aromatic carbocycles. The topological polar surface area (TPSA) is 50.4 Å². The molecule has 0 radical (unpaired) electrons. The molecule has 1 aliphatic carbocycles. The average molecular weight is 503 g/mol. The van der Waals surface area contributed by atoms with Crippen LogP contribution >= 0.6 is 0 Å². The lowest BCUT2D eigenvalue weighted by Gasteiger charge is -2.37. The summed E-state index contributed by atoms with van der Waals surface area (Å²) in [6.45, 7) is 0. The van der Waals surface area contributed by atoms with Gasteiger partial charge in [0.05, 0.1) is 0 Å². The smallest absolute Gasteiger partial charge is 0.194 e. The van der Waals surface area contributed by atoms with Crippen LogP contribution in [0.15, 0.2) is 132 Å². The number of furan rings is 1. The van der Waals surface area contributed by atoms with E-state index in [2.05, 4.69) is 18.2 Å². The predicted molar refractivity (Wildman–Crippen MR) is 155 cm³/mol. The fraction of sp³-hybridized carbons (Fsp3) is 0.0278. The minimum atomic E-state index is -1.47. The van der Waals surface area contributed by atoms with Crippen LogP contribution in [0.4, 0.5) is 0 Å². The van der Waals surface area contributed by atoms with Crippen molar-refractivity contribution in [1.29, 1.82) is 0 Å². The lowest BCUT2D eigenvalue weighted by molar-refractivity contribution is 0.0952. The summed E-state index contributed by atoms with van der Waals surface area (Å²) >= 11 is 0. The Morgan fingerprint density at radius 2 is 1.26 bits per heavy atom. The van der Waals surface area contributed by atoms with E-state index in [1.807, 2.05) is 109 Å². The van der Waals surface area contributed by atoms with Crippen LogP contribution < -0.4 is 0 Å². The standard InChI is InChI=1S/C36H22O3/c37-35-28-10-3-5-11-30(28)36(38,31-19-15-23-7-1-2-8-26(23)34(31)35)25-17-13-22(14-18-25)24-16-20-33-29(21-24)27-9-4-6-12-32(27)39-33/h1-21,38H. The van der Waals surface area contributed by atoms with E-state index in [-0.39, 0.29) is 5.78 Å². The number of ketones is 1. The van der Waals surface area contributed by atoms with Crippen LogP contribution in [-0.4, -0.2) is 10.9 Å². The first-order valence-corrected chi connectivity index (χ1v) is 13.0. The van der Waals surface area contributed by atoms with Crippen molar-refractivity contribution in [3.05, 3.63) is 155 Å². The van der Waals surface area contributed by atoms with Gasteiger partial charge in [-0.2, -0.15) is 0 Å². The highest BCUT2D eigenvalue weighted by atomic mass is 16.3. The van der Waals surface area contributed by atoms with Crippen LogP contribution in [0.5, 0.6) is 0 Å². The number of fused-ring (bicyclic) bond motifs is 7. The van der Waals surface area contributed by atoms with E-state index in [1.54, 1.807) is 0 Å². The van der Waals surface area contributed by atoms with Gasteiger partial charge in [0, 0.05) is 33.0 Å². The highest BCUT2D eigenvalue weighted by Crippen LogP contribution is 2.46. The Morgan fingerprint density at radius 3 is 2.13 bits per heavy atom. The van der Waals surface area contributed by atoms with Crippen LogP contribution in [-0.2, 0) is 5.60 Å². The van der Waals surface area contributed by atoms with Gasteiger partial charge in [-0.05, 0) is 45.7 Å². The number of hydrogen-bond acceptors (Lipinski definition) is 3. The zero-order valence-corrected chi connectivity index (χ0v) is 20.9. The van der Waals surface area contributed by atoms with Crippen LogP contribution in [0.1, 0.15) is 32.6 Å². The maximum atomic E-state index is 13.7. The van der Waals surface area contributed by atoms with Gasteiger partial charge in [0.25, 0.3) is 0 Å². The molecule has 1 atom stereocenters. The van der Waals surface area contributed by atoms with Crippen LogP contribution in [0, 0.1) is 0 Å². The zero-order chi connectivity index (χ0) is 26.1. The first kappa shape index (κ1) is 22.0. The molecule has 1 unspecified atom stereocenters. The molecule has 39 heavy (non-hydrogen) atoms. The molecule has 1 aromatic heterocycles. The molecule has 3 heteroatoms. The van der Waals surface area contributed by atoms with Gasteiger partial charge < -0.3 is 9.52 Å². The Bertz CT molecular complexity index is 2100. The SMILES string of the molecule is O=C1c2ccccc2C(O)(c2ccc(-c3ccc4oc5ccccc5c4c3)cc2)c2ccc3ccccc3c21. The van der Waals surface area contributed by atoms with Gasteiger partial charge in [-0.25, -0.2) is 0 Å². The van der Waals surface area contributed by atoms with Gasteiger partial charge in [-0.3, -0.25) is 4.79 Å². The van der Waals surface area contributed by atoms with E-state index in [1.165, 1.54) is 0 Å². The van der Waals surface area contributed by atoms with Crippen molar-refractivity contribution in [2.45, 2.75) is 5.60 Å². The molecule has 0 amide bonds. The minimum Gasteiger partial charge on any atom is -0.456 e. The summed E-state index contributed by atoms with van der Waals surface area (Å²) in [6.07, 6.45) is 0. The molecule has 3 nitrogen and oxygen atoms in total. The second-order valence-electron chi connectivity index (χ2n) is 10.2. The first-order chi connectivity index (χ1) is 19.1. The number of rotatable bonds is 2. The van der Waals surface area contributed by atoms with Crippen molar-refractivity contribution in [3.63, 3.8) is 0 Å². The van der Waals surface area contributed by atoms with Gasteiger partial charge in [0.2, 0.25) is 0 Å². The molecule has 1 aliphatic rings. The molecule has 8 rings (SSSR count). The second kappa shape index (κ2) is 8.00. The van der Waals surface area contributed by atoms with Gasteiger partial charge in [-0.1, -0.05) is 109 Å². The van der Waals surface area contributed by atoms with E-state index in [4.69, 9.17) is 4.42 Å². The first-order valence-electron chi connectivity index (χ1n) is 13.0. The number of aliphatic hydroxyl groups is 1. The molecule has 0 saturated carbocycles. The highest BCUT2D eigenvalue weighted by molar-refractivity contribution is 6.20. The van der Waals surface area contributed by atoms with E-state index in [9.17, 15) is 9.90 Å². The largest absolute Gasteiger partial charge is 0.456 e. The fourth-order valence-corrected chi connectivity index (χ4v) is 6.21. The molecule has 1 N–H and O–H groups in total. The number of carbonyl (C=O) groups is 1. The summed E-state index contributed by atoms with van der Waals surface area (Å²) in [4.78, 5) is 13.7. The lowest BCUT2D eigenvalue weighted by atomic mass is 9.69. The number of benzene rings is 6. The van der Waals surface area contributed by atoms with Crippen molar-refractivity contribution in [2.24, 2.45) is 0 Å². The molecular weight excluding hydrogens is 480 g/mol. The van der Waals surface area contributed by atoms with Gasteiger partial charge >= 0.3 is 0 Å². The van der Waals surface area contributed by atoms with Crippen LogP contribution in [0.3, 0.4) is 0 Å². The molecule has 0 spiro atoms. The van der Waals surface area contributed by atoms with Crippen molar-refractivity contribution in [3.8, 4) is 11.1 Å². The van der Waals surface area contributed by atoms with Crippen LogP contribution in [0.25, 0.3) is 43.8 Å². The summed E-state index contributed by atoms with van der Waals surface area (Å²) in [7, 11) is 0. The highest BCUT2D eigenvalue weighted by Gasteiger charge is 2.44. The molecule has 0 aliphatic heterocycles. The molecular formula is C36H22O3. The number of para-hydroxylation sites is 1. The molecule has 1 heterocycles. The third-order valence-corrected chi connectivity index (χ3v) is 8.12. The number of carbonyl (C=O) groups excluding carboxylic acids is 1. The second-order valence-corrected chi connectivity index (χ2v) is 10.2. The third kappa shape index (κ3) is 3.05. The Kier molecular flexibility index (Phi) is 4.52. The Morgan fingerprint density at radius 1 is 0.564 bits per heavy atom. The van der Waals surface area contributed by atoms with Crippen molar-refractivity contribution in [1.82, 2.24) is 0 Å². The fourth-order valence-electron chi connectivity index (χ4n) is 6.21. The average Bonchev–Trinajstić information content (AvgIpc) is 3.37. The summed E-state index contributed by atoms with van der Waals surface area (Å²) in [5.41, 5.74) is 5.41. The normalized spacial score (nSPS) is 16.5. The predicted octanol–water partition coefficient (Wildman–Crippen LogP) is 8.23. The van der Waals surface area contributed by atoms with E-state index in [0.29, 0.717) is 22.3 Å². The van der Waals surface area contributed by atoms with Crippen molar-refractivity contribution >= 4 is 38.5 Å². The monoisotopic (exact) mass is 502 g/mol. The summed E-state index contributed by atoms with van der Waals surface area (Å²) in [5.74, 6) is -0.0562. The van der Waals surface area contributed by atoms with Crippen molar-refractivity contribution in [2.75, 3.05) is 0 Å². The Labute approximate surface area is 224 Å². The molecule has 0 fully saturated rings. The maximum absolute atomic E-state index is 13.7. The van der Waals surface area contributed by atoms with Gasteiger partial charge in [-0.15, -0.1) is 0 Å². The maximum Gasteiger partial charge on any atom is 0.194 e. The molecule has 7 aromatic rings. The zero-order valence-electron chi connectivity index (χ0n) is 20.9. The van der Waals surface area contributed by atoms with E-state index >= 15 is 0 Å². The molecule has 0 bridgehead atoms. The van der Waals surface area contributed by atoms with Crippen LogP contribution in [0.2, 0.25) is 0 Å². The molecule has 184 valence electrons. The third-order valence-electron chi connectivity index (χ3n) is 8.12. The lowest BCUT2D eigenvalue weighted by Crippen LogP contribution is -2.36.